The van der Waals surface area contributed by atoms with E-state index in [0.29, 0.717) is 11.5 Å². The molecule has 0 amide bonds. The summed E-state index contributed by atoms with van der Waals surface area (Å²) in [4.78, 5) is 17.1. The van der Waals surface area contributed by atoms with E-state index < -0.39 is 5.92 Å². The number of imidazole rings is 1. The van der Waals surface area contributed by atoms with Crippen LogP contribution in [0.5, 0.6) is 0 Å². The normalized spacial score (nSPS) is 12.3. The van der Waals surface area contributed by atoms with E-state index in [1.807, 2.05) is 38.2 Å². The van der Waals surface area contributed by atoms with E-state index in [0.717, 1.165) is 16.7 Å². The molecule has 3 rings (SSSR count). The number of aromatic nitrogens is 4. The lowest BCUT2D eigenvalue weighted by molar-refractivity contribution is 0.0970. The maximum atomic E-state index is 12.6. The molecule has 0 radical (unpaired) electrons. The maximum absolute atomic E-state index is 12.6. The molecule has 2 heterocycles. The summed E-state index contributed by atoms with van der Waals surface area (Å²) >= 11 is 0. The topological polar surface area (TPSA) is 76.5 Å². The van der Waals surface area contributed by atoms with Crippen LogP contribution < -0.4 is 0 Å². The molecule has 1 atom stereocenters. The molecule has 0 aliphatic carbocycles. The van der Waals surface area contributed by atoms with Crippen molar-refractivity contribution in [1.29, 1.82) is 5.26 Å². The molecule has 1 aromatic carbocycles. The first kappa shape index (κ1) is 14.0. The minimum Gasteiger partial charge on any atom is -0.330 e. The number of benzene rings is 1. The van der Waals surface area contributed by atoms with Crippen molar-refractivity contribution in [2.45, 2.75) is 12.8 Å². The summed E-state index contributed by atoms with van der Waals surface area (Å²) in [6.07, 6.45) is 0. The Morgan fingerprint density at radius 3 is 2.64 bits per heavy atom. The van der Waals surface area contributed by atoms with Gasteiger partial charge in [-0.05, 0) is 25.1 Å². The Morgan fingerprint density at radius 2 is 2.05 bits per heavy atom. The van der Waals surface area contributed by atoms with Crippen LogP contribution in [-0.4, -0.2) is 25.1 Å². The Bertz CT molecular complexity index is 893. The molecule has 0 saturated carbocycles. The number of ketones is 1. The lowest BCUT2D eigenvalue weighted by atomic mass is 10.0. The molecule has 22 heavy (non-hydrogen) atoms. The zero-order valence-corrected chi connectivity index (χ0v) is 12.6. The van der Waals surface area contributed by atoms with Gasteiger partial charge in [0.15, 0.2) is 5.92 Å². The molecule has 0 saturated heterocycles. The fourth-order valence-corrected chi connectivity index (χ4v) is 2.48. The van der Waals surface area contributed by atoms with Gasteiger partial charge in [-0.25, -0.2) is 4.98 Å². The van der Waals surface area contributed by atoms with Crippen LogP contribution in [0.4, 0.5) is 0 Å². The van der Waals surface area contributed by atoms with Crippen LogP contribution in [0.1, 0.15) is 27.9 Å². The van der Waals surface area contributed by atoms with E-state index >= 15 is 0 Å². The average Bonchev–Trinajstić information content (AvgIpc) is 3.02. The number of nitrogens with zero attached hydrogens (tertiary/aromatic N) is 5. The number of hydrogen-bond donors (Lipinski definition) is 0. The molecule has 6 heteroatoms. The van der Waals surface area contributed by atoms with E-state index in [1.165, 1.54) is 0 Å². The number of carbonyl (C=O) groups excluding carboxylic acids is 1. The summed E-state index contributed by atoms with van der Waals surface area (Å²) < 4.78 is 3.41. The van der Waals surface area contributed by atoms with Crippen molar-refractivity contribution in [1.82, 2.24) is 19.3 Å². The highest BCUT2D eigenvalue weighted by Gasteiger charge is 2.28. The molecular formula is C16H15N5O. The Labute approximate surface area is 127 Å². The molecule has 110 valence electrons. The Kier molecular flexibility index (Phi) is 3.26. The summed E-state index contributed by atoms with van der Waals surface area (Å²) in [5.74, 6) is -0.853. The second kappa shape index (κ2) is 5.11. The van der Waals surface area contributed by atoms with Crippen LogP contribution >= 0.6 is 0 Å². The van der Waals surface area contributed by atoms with Crippen LogP contribution in [0.25, 0.3) is 11.0 Å². The molecule has 6 nitrogen and oxygen atoms in total. The summed E-state index contributed by atoms with van der Waals surface area (Å²) in [5.41, 5.74) is 2.82. The quantitative estimate of drug-likeness (QED) is 0.693. The first-order valence-electron chi connectivity index (χ1n) is 6.88. The number of Topliss-reactive ketones (excluding diaryl/α,β-unsaturated/α-hetero) is 1. The summed E-state index contributed by atoms with van der Waals surface area (Å²) in [6.45, 7) is 1.86. The lowest BCUT2D eigenvalue weighted by Gasteiger charge is -2.06. The van der Waals surface area contributed by atoms with Crippen molar-refractivity contribution in [2.75, 3.05) is 0 Å². The summed E-state index contributed by atoms with van der Waals surface area (Å²) in [5, 5.41) is 13.6. The van der Waals surface area contributed by atoms with Crippen LogP contribution in [0.15, 0.2) is 30.3 Å². The Morgan fingerprint density at radius 1 is 1.32 bits per heavy atom. The number of carbonyl (C=O) groups is 1. The van der Waals surface area contributed by atoms with Gasteiger partial charge in [0.2, 0.25) is 5.78 Å². The van der Waals surface area contributed by atoms with Crippen molar-refractivity contribution < 1.29 is 4.79 Å². The van der Waals surface area contributed by atoms with E-state index in [2.05, 4.69) is 16.2 Å². The minimum atomic E-state index is -0.966. The van der Waals surface area contributed by atoms with Crippen LogP contribution in [-0.2, 0) is 14.1 Å². The standard InChI is InChI=1S/C16H15N5O/c1-10-8-13(19-21(10)3)15(22)11(9-17)16-18-12-6-4-5-7-14(12)20(16)2/h4-8,11H,1-3H3. The second-order valence-electron chi connectivity index (χ2n) is 5.24. The summed E-state index contributed by atoms with van der Waals surface area (Å²) in [7, 11) is 3.58. The second-order valence-corrected chi connectivity index (χ2v) is 5.24. The molecule has 1 unspecified atom stereocenters. The first-order chi connectivity index (χ1) is 10.5. The molecule has 0 fully saturated rings. The van der Waals surface area contributed by atoms with Crippen molar-refractivity contribution in [2.24, 2.45) is 14.1 Å². The van der Waals surface area contributed by atoms with Crippen molar-refractivity contribution in [3.8, 4) is 6.07 Å². The number of aryl methyl sites for hydroxylation is 3. The lowest BCUT2D eigenvalue weighted by Crippen LogP contribution is -2.16. The Balaban J connectivity index is 2.08. The third-order valence-electron chi connectivity index (χ3n) is 3.84. The van der Waals surface area contributed by atoms with Crippen LogP contribution in [0.3, 0.4) is 0 Å². The summed E-state index contributed by atoms with van der Waals surface area (Å²) in [6, 6.07) is 11.3. The first-order valence-corrected chi connectivity index (χ1v) is 6.88. The van der Waals surface area contributed by atoms with Gasteiger partial charge in [-0.1, -0.05) is 12.1 Å². The molecular weight excluding hydrogens is 278 g/mol. The highest BCUT2D eigenvalue weighted by atomic mass is 16.1. The number of hydrogen-bond acceptors (Lipinski definition) is 4. The smallest absolute Gasteiger partial charge is 0.207 e. The van der Waals surface area contributed by atoms with Crippen molar-refractivity contribution >= 4 is 16.8 Å². The van der Waals surface area contributed by atoms with Gasteiger partial charge in [0.05, 0.1) is 17.1 Å². The average molecular weight is 293 g/mol. The SMILES string of the molecule is Cc1cc(C(=O)C(C#N)c2nc3ccccc3n2C)nn1C. The number of para-hydroxylation sites is 2. The van der Waals surface area contributed by atoms with E-state index in [-0.39, 0.29) is 5.78 Å². The van der Waals surface area contributed by atoms with Gasteiger partial charge in [-0.3, -0.25) is 9.48 Å². The van der Waals surface area contributed by atoms with E-state index in [1.54, 1.807) is 22.4 Å². The van der Waals surface area contributed by atoms with Gasteiger partial charge in [0.25, 0.3) is 0 Å². The number of fused-ring (bicyclic) bond motifs is 1. The largest absolute Gasteiger partial charge is 0.330 e. The van der Waals surface area contributed by atoms with Gasteiger partial charge >= 0.3 is 0 Å². The zero-order valence-electron chi connectivity index (χ0n) is 12.6. The predicted molar refractivity (Wildman–Crippen MR) is 81.3 cm³/mol. The monoisotopic (exact) mass is 293 g/mol. The van der Waals surface area contributed by atoms with Gasteiger partial charge < -0.3 is 4.57 Å². The minimum absolute atomic E-state index is 0.290. The molecule has 0 bridgehead atoms. The fraction of sp³-hybridized carbons (Fsp3) is 0.250. The zero-order chi connectivity index (χ0) is 15.9. The van der Waals surface area contributed by atoms with Crippen LogP contribution in [0.2, 0.25) is 0 Å². The van der Waals surface area contributed by atoms with E-state index in [4.69, 9.17) is 0 Å². The van der Waals surface area contributed by atoms with Gasteiger partial charge in [-0.2, -0.15) is 10.4 Å². The van der Waals surface area contributed by atoms with Gasteiger partial charge in [0.1, 0.15) is 11.5 Å². The molecule has 2 aromatic heterocycles. The van der Waals surface area contributed by atoms with Gasteiger partial charge in [-0.15, -0.1) is 0 Å². The molecule has 0 aliphatic heterocycles. The maximum Gasteiger partial charge on any atom is 0.207 e. The number of nitriles is 1. The predicted octanol–water partition coefficient (Wildman–Crippen LogP) is 2.11. The van der Waals surface area contributed by atoms with Crippen molar-refractivity contribution in [3.05, 3.63) is 47.5 Å². The highest BCUT2D eigenvalue weighted by Crippen LogP contribution is 2.23. The Hall–Kier alpha value is -2.94. The third-order valence-corrected chi connectivity index (χ3v) is 3.84. The van der Waals surface area contributed by atoms with Gasteiger partial charge in [0, 0.05) is 19.8 Å². The van der Waals surface area contributed by atoms with Crippen LogP contribution in [0, 0.1) is 18.3 Å². The molecule has 3 aromatic rings. The fourth-order valence-electron chi connectivity index (χ4n) is 2.48. The van der Waals surface area contributed by atoms with E-state index in [9.17, 15) is 10.1 Å². The molecule has 0 spiro atoms. The third kappa shape index (κ3) is 2.07. The molecule has 0 N–H and O–H groups in total. The molecule has 0 aliphatic rings. The highest BCUT2D eigenvalue weighted by molar-refractivity contribution is 6.01. The van der Waals surface area contributed by atoms with Crippen molar-refractivity contribution in [3.63, 3.8) is 0 Å². The number of rotatable bonds is 3.